The van der Waals surface area contributed by atoms with Crippen molar-refractivity contribution >= 4 is 21.9 Å². The molecule has 0 aliphatic carbocycles. The Morgan fingerprint density at radius 3 is 2.62 bits per heavy atom. The minimum Gasteiger partial charge on any atom is -0.461 e. The van der Waals surface area contributed by atoms with Crippen molar-refractivity contribution in [3.63, 3.8) is 0 Å². The van der Waals surface area contributed by atoms with Crippen LogP contribution in [0.3, 0.4) is 0 Å². The Bertz CT molecular complexity index is 1130. The predicted octanol–water partition coefficient (Wildman–Crippen LogP) is 2.38. The standard InChI is InChI=1S/C21H21N3O2/c1-3-20-17(15-8-5-7-11-21(15)26-20)13-23(2)14-24-18-10-6-4-9-16(18)19(25)12-22-24/h4-12H,3,13-14H2,1-2H3/p+1. The lowest BCUT2D eigenvalue weighted by Gasteiger charge is -2.16. The third-order valence-electron chi connectivity index (χ3n) is 4.76. The van der Waals surface area contributed by atoms with Gasteiger partial charge in [0.2, 0.25) is 5.43 Å². The normalized spacial score (nSPS) is 12.7. The summed E-state index contributed by atoms with van der Waals surface area (Å²) >= 11 is 0. The van der Waals surface area contributed by atoms with Gasteiger partial charge in [-0.25, -0.2) is 4.68 Å². The molecule has 132 valence electrons. The number of hydrogen-bond acceptors (Lipinski definition) is 3. The summed E-state index contributed by atoms with van der Waals surface area (Å²) < 4.78 is 7.91. The lowest BCUT2D eigenvalue weighted by molar-refractivity contribution is -0.917. The van der Waals surface area contributed by atoms with Crippen LogP contribution in [0, 0.1) is 0 Å². The van der Waals surface area contributed by atoms with Gasteiger partial charge in [-0.3, -0.25) is 4.79 Å². The molecule has 2 aromatic carbocycles. The number of quaternary nitrogens is 1. The molecule has 2 aromatic heterocycles. The van der Waals surface area contributed by atoms with E-state index >= 15 is 0 Å². The van der Waals surface area contributed by atoms with Gasteiger partial charge in [0.1, 0.15) is 17.9 Å². The maximum atomic E-state index is 12.0. The molecule has 1 unspecified atom stereocenters. The van der Waals surface area contributed by atoms with E-state index in [1.54, 1.807) is 0 Å². The Labute approximate surface area is 151 Å². The summed E-state index contributed by atoms with van der Waals surface area (Å²) in [4.78, 5) is 13.3. The maximum Gasteiger partial charge on any atom is 0.207 e. The molecule has 0 bridgehead atoms. The number of fused-ring (bicyclic) bond motifs is 2. The van der Waals surface area contributed by atoms with Crippen molar-refractivity contribution in [2.45, 2.75) is 26.6 Å². The second kappa shape index (κ2) is 6.77. The molecule has 5 heteroatoms. The highest BCUT2D eigenvalue weighted by molar-refractivity contribution is 5.82. The lowest BCUT2D eigenvalue weighted by atomic mass is 10.1. The van der Waals surface area contributed by atoms with Crippen molar-refractivity contribution in [2.75, 3.05) is 7.05 Å². The summed E-state index contributed by atoms with van der Waals surface area (Å²) in [6, 6.07) is 15.8. The van der Waals surface area contributed by atoms with Gasteiger partial charge in [0.15, 0.2) is 6.67 Å². The van der Waals surface area contributed by atoms with Crippen LogP contribution < -0.4 is 10.3 Å². The molecule has 0 saturated carbocycles. The molecule has 0 radical (unpaired) electrons. The third-order valence-corrected chi connectivity index (χ3v) is 4.76. The molecule has 5 nitrogen and oxygen atoms in total. The minimum absolute atomic E-state index is 0.0383. The number of hydrogen-bond donors (Lipinski definition) is 1. The van der Waals surface area contributed by atoms with Gasteiger partial charge < -0.3 is 9.32 Å². The van der Waals surface area contributed by atoms with Gasteiger partial charge in [0, 0.05) is 17.2 Å². The fourth-order valence-electron chi connectivity index (χ4n) is 3.53. The van der Waals surface area contributed by atoms with Crippen LogP contribution in [0.15, 0.2) is 63.9 Å². The molecule has 0 aliphatic heterocycles. The number of para-hydroxylation sites is 2. The summed E-state index contributed by atoms with van der Waals surface area (Å²) in [7, 11) is 2.13. The van der Waals surface area contributed by atoms with Crippen molar-refractivity contribution in [1.29, 1.82) is 0 Å². The third kappa shape index (κ3) is 2.91. The molecule has 0 saturated heterocycles. The summed E-state index contributed by atoms with van der Waals surface area (Å²) in [6.07, 6.45) is 2.27. The summed E-state index contributed by atoms with van der Waals surface area (Å²) in [5.41, 5.74) is 3.03. The Hall–Kier alpha value is -2.92. The molecule has 26 heavy (non-hydrogen) atoms. The second-order valence-corrected chi connectivity index (χ2v) is 6.67. The average molecular weight is 348 g/mol. The monoisotopic (exact) mass is 348 g/mol. The smallest absolute Gasteiger partial charge is 0.207 e. The lowest BCUT2D eigenvalue weighted by Crippen LogP contribution is -3.07. The molecule has 4 aromatic rings. The zero-order chi connectivity index (χ0) is 18.1. The van der Waals surface area contributed by atoms with Crippen LogP contribution in [-0.4, -0.2) is 16.8 Å². The van der Waals surface area contributed by atoms with Gasteiger partial charge in [0.25, 0.3) is 0 Å². The van der Waals surface area contributed by atoms with Crippen molar-refractivity contribution in [2.24, 2.45) is 0 Å². The molecule has 0 fully saturated rings. The fraction of sp³-hybridized carbons (Fsp3) is 0.238. The predicted molar refractivity (Wildman–Crippen MR) is 102 cm³/mol. The number of furan rings is 1. The largest absolute Gasteiger partial charge is 0.461 e. The topological polar surface area (TPSA) is 52.5 Å². The van der Waals surface area contributed by atoms with Crippen LogP contribution in [0.5, 0.6) is 0 Å². The maximum absolute atomic E-state index is 12.0. The van der Waals surface area contributed by atoms with E-state index in [9.17, 15) is 4.79 Å². The van der Waals surface area contributed by atoms with E-state index in [4.69, 9.17) is 4.42 Å². The Morgan fingerprint density at radius 1 is 1.08 bits per heavy atom. The fourth-order valence-corrected chi connectivity index (χ4v) is 3.53. The summed E-state index contributed by atoms with van der Waals surface area (Å²) in [6.45, 7) is 3.62. The molecule has 2 heterocycles. The second-order valence-electron chi connectivity index (χ2n) is 6.67. The van der Waals surface area contributed by atoms with Crippen molar-refractivity contribution in [1.82, 2.24) is 9.78 Å². The first-order valence-electron chi connectivity index (χ1n) is 8.93. The SMILES string of the molecule is CCc1oc2ccccc2c1C[NH+](C)Cn1ncc(=O)c2ccccc21. The number of nitrogens with one attached hydrogen (secondary N) is 1. The van der Waals surface area contributed by atoms with Gasteiger partial charge in [-0.1, -0.05) is 37.3 Å². The van der Waals surface area contributed by atoms with E-state index in [-0.39, 0.29) is 5.43 Å². The highest BCUT2D eigenvalue weighted by Crippen LogP contribution is 2.25. The van der Waals surface area contributed by atoms with E-state index in [0.29, 0.717) is 12.1 Å². The molecular weight excluding hydrogens is 326 g/mol. The summed E-state index contributed by atoms with van der Waals surface area (Å²) in [5, 5.41) is 6.23. The van der Waals surface area contributed by atoms with E-state index in [1.807, 2.05) is 47.1 Å². The van der Waals surface area contributed by atoms with Crippen LogP contribution in [0.25, 0.3) is 21.9 Å². The van der Waals surface area contributed by atoms with Gasteiger partial charge in [0.05, 0.1) is 24.3 Å². The molecule has 0 aliphatic rings. The van der Waals surface area contributed by atoms with Gasteiger partial charge in [-0.2, -0.15) is 5.10 Å². The van der Waals surface area contributed by atoms with Gasteiger partial charge >= 0.3 is 0 Å². The number of benzene rings is 2. The number of rotatable bonds is 5. The Kier molecular flexibility index (Phi) is 4.31. The highest BCUT2D eigenvalue weighted by Gasteiger charge is 2.17. The molecule has 0 spiro atoms. The summed E-state index contributed by atoms with van der Waals surface area (Å²) in [5.74, 6) is 1.04. The first-order valence-corrected chi connectivity index (χ1v) is 8.93. The van der Waals surface area contributed by atoms with E-state index < -0.39 is 0 Å². The van der Waals surface area contributed by atoms with E-state index in [2.05, 4.69) is 25.1 Å². The number of aromatic nitrogens is 2. The van der Waals surface area contributed by atoms with Crippen LogP contribution >= 0.6 is 0 Å². The molecule has 0 amide bonds. The highest BCUT2D eigenvalue weighted by atomic mass is 16.3. The van der Waals surface area contributed by atoms with Crippen molar-refractivity contribution in [3.05, 3.63) is 76.3 Å². The van der Waals surface area contributed by atoms with Crippen LogP contribution in [-0.2, 0) is 19.6 Å². The number of nitrogens with zero attached hydrogens (tertiary/aromatic N) is 2. The van der Waals surface area contributed by atoms with Gasteiger partial charge in [-0.05, 0) is 18.2 Å². The first kappa shape index (κ1) is 16.5. The zero-order valence-corrected chi connectivity index (χ0v) is 15.0. The minimum atomic E-state index is -0.0383. The van der Waals surface area contributed by atoms with Crippen LogP contribution in [0.1, 0.15) is 18.2 Å². The average Bonchev–Trinajstić information content (AvgIpc) is 3.02. The van der Waals surface area contributed by atoms with Crippen LogP contribution in [0.2, 0.25) is 0 Å². The van der Waals surface area contributed by atoms with Crippen LogP contribution in [0.4, 0.5) is 0 Å². The molecular formula is C21H22N3O2+. The Morgan fingerprint density at radius 2 is 1.81 bits per heavy atom. The zero-order valence-electron chi connectivity index (χ0n) is 15.0. The first-order chi connectivity index (χ1) is 12.7. The van der Waals surface area contributed by atoms with E-state index in [0.717, 1.165) is 29.8 Å². The van der Waals surface area contributed by atoms with Crippen molar-refractivity contribution < 1.29 is 9.32 Å². The van der Waals surface area contributed by atoms with E-state index in [1.165, 1.54) is 22.0 Å². The quantitative estimate of drug-likeness (QED) is 0.602. The Balaban J connectivity index is 1.66. The van der Waals surface area contributed by atoms with Crippen molar-refractivity contribution in [3.8, 4) is 0 Å². The van der Waals surface area contributed by atoms with Gasteiger partial charge in [-0.15, -0.1) is 0 Å². The molecule has 1 atom stereocenters. The molecule has 4 rings (SSSR count). The number of aryl methyl sites for hydroxylation is 1. The molecule has 1 N–H and O–H groups in total.